The van der Waals surface area contributed by atoms with E-state index in [1.165, 1.54) is 97.4 Å². The van der Waals surface area contributed by atoms with Crippen LogP contribution in [0.1, 0.15) is 43.0 Å². The summed E-state index contributed by atoms with van der Waals surface area (Å²) in [6.07, 6.45) is 0. The standard InChI is InChI=1S/C49H42BNSSi/c1-31-21-24-41(33(3)25-31)51-42-29-38-37-19-13-14-20-46(37)53(35-15-9-7-10-16-35,36-17-11-8-12-18-36)47(38)30-40(42)50-39-23-22-34(49(4,5)6)28-44(39)52-45-27-32(2)26-43(51)48(45)50/h7-30H,1-6H3. The molecule has 0 saturated heterocycles. The van der Waals surface area contributed by atoms with Gasteiger partial charge in [0.1, 0.15) is 0 Å². The van der Waals surface area contributed by atoms with Crippen LogP contribution in [0.25, 0.3) is 11.1 Å². The van der Waals surface area contributed by atoms with Crippen LogP contribution in [0.5, 0.6) is 0 Å². The number of hydrogen-bond acceptors (Lipinski definition) is 2. The van der Waals surface area contributed by atoms with E-state index >= 15 is 0 Å². The molecular formula is C49H42BNSSi. The lowest BCUT2D eigenvalue weighted by Crippen LogP contribution is -2.73. The molecule has 0 spiro atoms. The minimum absolute atomic E-state index is 0.0705. The Bertz CT molecular complexity index is 2580. The second kappa shape index (κ2) is 11.7. The Balaban J connectivity index is 1.35. The Morgan fingerprint density at radius 2 is 1.23 bits per heavy atom. The van der Waals surface area contributed by atoms with Crippen molar-refractivity contribution in [1.82, 2.24) is 0 Å². The van der Waals surface area contributed by atoms with Gasteiger partial charge in [-0.2, -0.15) is 0 Å². The molecule has 4 heteroatoms. The molecule has 0 aliphatic carbocycles. The predicted octanol–water partition coefficient (Wildman–Crippen LogP) is 8.03. The quantitative estimate of drug-likeness (QED) is 0.171. The molecular weight excluding hydrogens is 674 g/mol. The maximum Gasteiger partial charge on any atom is 0.249 e. The van der Waals surface area contributed by atoms with E-state index in [0.29, 0.717) is 0 Å². The lowest BCUT2D eigenvalue weighted by atomic mass is 9.34. The van der Waals surface area contributed by atoms with Gasteiger partial charge in [-0.1, -0.05) is 159 Å². The van der Waals surface area contributed by atoms with E-state index in [2.05, 4.69) is 192 Å². The zero-order chi connectivity index (χ0) is 36.2. The van der Waals surface area contributed by atoms with Gasteiger partial charge in [-0.15, -0.1) is 0 Å². The Hall–Kier alpha value is -5.03. The molecule has 0 bridgehead atoms. The van der Waals surface area contributed by atoms with Gasteiger partial charge in [-0.25, -0.2) is 0 Å². The monoisotopic (exact) mass is 715 g/mol. The first-order valence-electron chi connectivity index (χ1n) is 18.9. The third-order valence-corrected chi connectivity index (χ3v) is 18.0. The fourth-order valence-electron chi connectivity index (χ4n) is 9.59. The molecule has 0 N–H and O–H groups in total. The molecule has 3 aliphatic rings. The summed E-state index contributed by atoms with van der Waals surface area (Å²) in [5.41, 5.74) is 16.2. The number of rotatable bonds is 3. The average molecular weight is 716 g/mol. The maximum atomic E-state index is 2.68. The molecule has 0 saturated carbocycles. The van der Waals surface area contributed by atoms with Gasteiger partial charge in [0, 0.05) is 26.9 Å². The topological polar surface area (TPSA) is 3.24 Å². The fourth-order valence-corrected chi connectivity index (χ4v) is 16.1. The van der Waals surface area contributed by atoms with Gasteiger partial charge >= 0.3 is 0 Å². The number of hydrogen-bond donors (Lipinski definition) is 0. The van der Waals surface area contributed by atoms with Crippen molar-refractivity contribution in [3.63, 3.8) is 0 Å². The zero-order valence-electron chi connectivity index (χ0n) is 31.3. The highest BCUT2D eigenvalue weighted by molar-refractivity contribution is 8.00. The van der Waals surface area contributed by atoms with E-state index in [-0.39, 0.29) is 12.1 Å². The summed E-state index contributed by atoms with van der Waals surface area (Å²) in [5, 5.41) is 5.85. The minimum atomic E-state index is -2.69. The van der Waals surface area contributed by atoms with Crippen LogP contribution in [0.15, 0.2) is 155 Å². The van der Waals surface area contributed by atoms with Crippen molar-refractivity contribution >= 4 is 80.7 Å². The van der Waals surface area contributed by atoms with Crippen molar-refractivity contribution in [3.8, 4) is 11.1 Å². The first-order valence-corrected chi connectivity index (χ1v) is 21.7. The van der Waals surface area contributed by atoms with Crippen molar-refractivity contribution in [2.45, 2.75) is 56.7 Å². The van der Waals surface area contributed by atoms with Gasteiger partial charge in [0.25, 0.3) is 0 Å². The summed E-state index contributed by atoms with van der Waals surface area (Å²) in [5.74, 6) is 0. The summed E-state index contributed by atoms with van der Waals surface area (Å²) in [7, 11) is -2.69. The fraction of sp³-hybridized carbons (Fsp3) is 0.143. The molecule has 1 nitrogen and oxygen atoms in total. The highest BCUT2D eigenvalue weighted by atomic mass is 32.2. The van der Waals surface area contributed by atoms with Gasteiger partial charge in [0.15, 0.2) is 8.07 Å². The number of anilines is 3. The zero-order valence-corrected chi connectivity index (χ0v) is 33.1. The van der Waals surface area contributed by atoms with Crippen LogP contribution in [0.4, 0.5) is 17.1 Å². The maximum absolute atomic E-state index is 2.69. The number of aryl methyl sites for hydroxylation is 3. The van der Waals surface area contributed by atoms with Gasteiger partial charge in [-0.05, 0) is 116 Å². The van der Waals surface area contributed by atoms with Crippen LogP contribution < -0.4 is 42.0 Å². The van der Waals surface area contributed by atoms with E-state index in [4.69, 9.17) is 0 Å². The van der Waals surface area contributed by atoms with Crippen LogP contribution in [-0.2, 0) is 5.41 Å². The van der Waals surface area contributed by atoms with Crippen LogP contribution >= 0.6 is 11.8 Å². The molecule has 0 aromatic heterocycles. The van der Waals surface area contributed by atoms with E-state index < -0.39 is 8.07 Å². The summed E-state index contributed by atoms with van der Waals surface area (Å²) in [6, 6.07) is 56.6. The van der Waals surface area contributed by atoms with Crippen LogP contribution in [0, 0.1) is 20.8 Å². The van der Waals surface area contributed by atoms with Gasteiger partial charge < -0.3 is 4.90 Å². The summed E-state index contributed by atoms with van der Waals surface area (Å²) in [6.45, 7) is 13.8. The smallest absolute Gasteiger partial charge is 0.249 e. The predicted molar refractivity (Wildman–Crippen MR) is 232 cm³/mol. The molecule has 0 fully saturated rings. The average Bonchev–Trinajstić information content (AvgIpc) is 3.44. The van der Waals surface area contributed by atoms with E-state index in [0.717, 1.165) is 0 Å². The van der Waals surface area contributed by atoms with Crippen LogP contribution in [-0.4, -0.2) is 14.8 Å². The molecule has 0 radical (unpaired) electrons. The molecule has 0 amide bonds. The lowest BCUT2D eigenvalue weighted by Gasteiger charge is -2.42. The second-order valence-electron chi connectivity index (χ2n) is 16.3. The highest BCUT2D eigenvalue weighted by Gasteiger charge is 2.51. The van der Waals surface area contributed by atoms with E-state index in [9.17, 15) is 0 Å². The number of fused-ring (bicyclic) bond motifs is 7. The Labute approximate surface area is 319 Å². The Kier molecular flexibility index (Phi) is 7.22. The first-order chi connectivity index (χ1) is 25.6. The van der Waals surface area contributed by atoms with Crippen molar-refractivity contribution in [3.05, 3.63) is 168 Å². The number of benzene rings is 7. The third kappa shape index (κ3) is 4.71. The van der Waals surface area contributed by atoms with Crippen LogP contribution in [0.3, 0.4) is 0 Å². The largest absolute Gasteiger partial charge is 0.311 e. The van der Waals surface area contributed by atoms with Crippen molar-refractivity contribution in [1.29, 1.82) is 0 Å². The normalized spacial score (nSPS) is 14.6. The van der Waals surface area contributed by atoms with Gasteiger partial charge in [0.2, 0.25) is 6.71 Å². The van der Waals surface area contributed by atoms with Crippen LogP contribution in [0.2, 0.25) is 0 Å². The molecule has 0 atom stereocenters. The molecule has 10 rings (SSSR count). The van der Waals surface area contributed by atoms with E-state index in [1.54, 1.807) is 0 Å². The summed E-state index contributed by atoms with van der Waals surface area (Å²) >= 11 is 1.96. The summed E-state index contributed by atoms with van der Waals surface area (Å²) in [4.78, 5) is 5.37. The molecule has 7 aromatic rings. The van der Waals surface area contributed by atoms with Gasteiger partial charge in [-0.3, -0.25) is 0 Å². The highest BCUT2D eigenvalue weighted by Crippen LogP contribution is 2.45. The molecule has 7 aromatic carbocycles. The Morgan fingerprint density at radius 3 is 1.92 bits per heavy atom. The molecule has 0 unspecified atom stereocenters. The molecule has 3 aliphatic heterocycles. The first kappa shape index (κ1) is 32.6. The van der Waals surface area contributed by atoms with Crippen molar-refractivity contribution < 1.29 is 0 Å². The Morgan fingerprint density at radius 1 is 0.528 bits per heavy atom. The summed E-state index contributed by atoms with van der Waals surface area (Å²) < 4.78 is 0. The second-order valence-corrected chi connectivity index (χ2v) is 21.2. The van der Waals surface area contributed by atoms with Crippen molar-refractivity contribution in [2.24, 2.45) is 0 Å². The third-order valence-electron chi connectivity index (χ3n) is 12.0. The lowest BCUT2D eigenvalue weighted by molar-refractivity contribution is 0.589. The van der Waals surface area contributed by atoms with Gasteiger partial charge in [0.05, 0.1) is 0 Å². The van der Waals surface area contributed by atoms with Crippen molar-refractivity contribution in [2.75, 3.05) is 4.90 Å². The minimum Gasteiger partial charge on any atom is -0.311 e. The SMILES string of the molecule is Cc1ccc(N2c3cc4c(cc3B3c5ccc(C(C)(C)C)cc5Sc5cc(C)cc2c53)[Si](c2ccccc2)(c2ccccc2)c2ccccc2-4)c(C)c1. The molecule has 256 valence electrons. The number of nitrogens with zero attached hydrogens (tertiary/aromatic N) is 1. The van der Waals surface area contributed by atoms with E-state index in [1.807, 2.05) is 11.8 Å². The molecule has 53 heavy (non-hydrogen) atoms. The molecule has 3 heterocycles.